The Morgan fingerprint density at radius 2 is 1.60 bits per heavy atom. The second kappa shape index (κ2) is 9.10. The van der Waals surface area contributed by atoms with Crippen molar-refractivity contribution < 1.29 is 9.53 Å². The van der Waals surface area contributed by atoms with Crippen molar-refractivity contribution in [3.8, 4) is 17.0 Å². The number of aryl methyl sites for hydroxylation is 1. The van der Waals surface area contributed by atoms with E-state index in [0.29, 0.717) is 11.4 Å². The highest BCUT2D eigenvalue weighted by atomic mass is 16.5. The molecule has 0 saturated carbocycles. The summed E-state index contributed by atoms with van der Waals surface area (Å²) in [5.74, 6) is 2.16. The number of anilines is 1. The third-order valence-electron chi connectivity index (χ3n) is 6.67. The van der Waals surface area contributed by atoms with Gasteiger partial charge in [-0.05, 0) is 24.4 Å². The minimum atomic E-state index is -0.319. The van der Waals surface area contributed by atoms with Crippen molar-refractivity contribution in [2.75, 3.05) is 5.32 Å². The number of hydrogen-bond donors (Lipinski definition) is 1. The fraction of sp³-hybridized carbons (Fsp3) is 0.136. The Bertz CT molecular complexity index is 1450. The van der Waals surface area contributed by atoms with Gasteiger partial charge in [0, 0.05) is 35.1 Å². The number of pyridine rings is 1. The molecule has 0 fully saturated rings. The van der Waals surface area contributed by atoms with E-state index in [1.807, 2.05) is 87.2 Å². The molecule has 2 heterocycles. The van der Waals surface area contributed by atoms with Crippen LogP contribution in [0.2, 0.25) is 0 Å². The van der Waals surface area contributed by atoms with Gasteiger partial charge in [-0.25, -0.2) is 9.97 Å². The van der Waals surface area contributed by atoms with Gasteiger partial charge in [0.05, 0.1) is 11.9 Å². The number of amides is 1. The molecule has 35 heavy (non-hydrogen) atoms. The monoisotopic (exact) mass is 456 g/mol. The first-order chi connectivity index (χ1) is 16.4. The maximum absolute atomic E-state index is 13.4. The molecular formula is C22H27B7N4O2. The van der Waals surface area contributed by atoms with Gasteiger partial charge in [0.2, 0.25) is 0 Å². The molecule has 0 atom stereocenters. The number of carbonyl (C=O) groups is 1. The third kappa shape index (κ3) is 4.81. The summed E-state index contributed by atoms with van der Waals surface area (Å²) in [6, 6.07) is 8.13. The number of aromatic nitrogens is 3. The molecular weight excluding hydrogens is 428 g/mol. The summed E-state index contributed by atoms with van der Waals surface area (Å²) >= 11 is 0. The number of nitrogens with one attached hydrogen (secondary N) is 1. The van der Waals surface area contributed by atoms with E-state index in [9.17, 15) is 4.79 Å². The number of rotatable bonds is 5. The van der Waals surface area contributed by atoms with Crippen molar-refractivity contribution in [2.45, 2.75) is 12.2 Å². The van der Waals surface area contributed by atoms with Gasteiger partial charge in [0.25, 0.3) is 5.91 Å². The van der Waals surface area contributed by atoms with Crippen LogP contribution < -0.4 is 31.9 Å². The van der Waals surface area contributed by atoms with Crippen LogP contribution in [0.1, 0.15) is 16.2 Å². The number of imidazole rings is 1. The minimum Gasteiger partial charge on any atom is -0.515 e. The second-order valence-corrected chi connectivity index (χ2v) is 10.3. The summed E-state index contributed by atoms with van der Waals surface area (Å²) < 4.78 is 8.30. The van der Waals surface area contributed by atoms with Crippen LogP contribution in [0.5, 0.6) is 5.75 Å². The zero-order valence-corrected chi connectivity index (χ0v) is 22.1. The van der Waals surface area contributed by atoms with E-state index < -0.39 is 0 Å². The van der Waals surface area contributed by atoms with Crippen LogP contribution in [0, 0.1) is 6.92 Å². The molecule has 0 unspecified atom stereocenters. The van der Waals surface area contributed by atoms with Gasteiger partial charge in [-0.3, -0.25) is 4.79 Å². The van der Waals surface area contributed by atoms with Crippen LogP contribution >= 0.6 is 0 Å². The maximum Gasteiger partial charge on any atom is 0.255 e. The van der Waals surface area contributed by atoms with Gasteiger partial charge < -0.3 is 14.6 Å². The Labute approximate surface area is 212 Å². The zero-order valence-electron chi connectivity index (χ0n) is 22.1. The number of carbonyl (C=O) groups excluding carboxylic acids is 1. The highest BCUT2D eigenvalue weighted by Gasteiger charge is 2.23. The first-order valence-electron chi connectivity index (χ1n) is 11.9. The predicted molar refractivity (Wildman–Crippen MR) is 165 cm³/mol. The molecule has 1 N–H and O–H groups in total. The number of nitrogens with zero attached hydrogens (tertiary/aromatic N) is 3. The van der Waals surface area contributed by atoms with E-state index in [1.54, 1.807) is 6.20 Å². The lowest BCUT2D eigenvalue weighted by molar-refractivity contribution is 0.102. The molecule has 0 bridgehead atoms. The van der Waals surface area contributed by atoms with E-state index in [-0.39, 0.29) is 11.2 Å². The molecule has 0 aliphatic carbocycles. The second-order valence-electron chi connectivity index (χ2n) is 10.3. The summed E-state index contributed by atoms with van der Waals surface area (Å²) in [6.45, 7) is 1.98. The van der Waals surface area contributed by atoms with Crippen LogP contribution in [0.15, 0.2) is 36.7 Å². The summed E-state index contributed by atoms with van der Waals surface area (Å²) in [6.07, 6.45) is 3.67. The van der Waals surface area contributed by atoms with Crippen LogP contribution in [0.25, 0.3) is 22.0 Å². The summed E-state index contributed by atoms with van der Waals surface area (Å²) in [5.41, 5.74) is 6.57. The molecule has 0 aliphatic heterocycles. The highest BCUT2D eigenvalue weighted by molar-refractivity contribution is 6.62. The molecule has 6 nitrogen and oxygen atoms in total. The Balaban J connectivity index is 1.69. The van der Waals surface area contributed by atoms with E-state index in [4.69, 9.17) is 4.74 Å². The molecule has 168 valence electrons. The van der Waals surface area contributed by atoms with Crippen LogP contribution in [-0.4, -0.2) is 80.7 Å². The lowest BCUT2D eigenvalue weighted by Gasteiger charge is -2.28. The topological polar surface area (TPSA) is 69.0 Å². The molecule has 4 rings (SSSR count). The van der Waals surface area contributed by atoms with Crippen LogP contribution in [0.4, 0.5) is 5.82 Å². The fourth-order valence-electron chi connectivity index (χ4n) is 4.40. The van der Waals surface area contributed by atoms with E-state index in [1.165, 1.54) is 0 Å². The Morgan fingerprint density at radius 1 is 0.943 bits per heavy atom. The first-order valence-corrected chi connectivity index (χ1v) is 11.9. The molecule has 0 spiro atoms. The fourth-order valence-corrected chi connectivity index (χ4v) is 4.40. The van der Waals surface area contributed by atoms with Crippen LogP contribution in [0.3, 0.4) is 0 Å². The maximum atomic E-state index is 13.4. The Morgan fingerprint density at radius 3 is 2.17 bits per heavy atom. The van der Waals surface area contributed by atoms with Gasteiger partial charge in [0.15, 0.2) is 0 Å². The minimum absolute atomic E-state index is 0.168. The standard InChI is InChI=1S/C22H27B7N4O2/c1-9-30-8-13(33(9)2)10-3-4-11-7-31-14(6-12(11)5-10)32-21(34)15-16(23)18(25)20(19(26)17(15)24)35-22(27,28)29/h3-8H,23-29H2,1-2H3,(H,31,32,34). The molecule has 2 aromatic carbocycles. The van der Waals surface area contributed by atoms with Crippen molar-refractivity contribution in [1.29, 1.82) is 0 Å². The molecule has 13 heteroatoms. The number of ether oxygens (including phenoxy) is 1. The van der Waals surface area contributed by atoms with E-state index in [0.717, 1.165) is 55.5 Å². The number of hydrogen-bond acceptors (Lipinski definition) is 4. The summed E-state index contributed by atoms with van der Waals surface area (Å²) in [4.78, 5) is 22.3. The molecule has 0 aliphatic rings. The molecule has 4 aromatic rings. The van der Waals surface area contributed by atoms with Gasteiger partial charge in [-0.2, -0.15) is 0 Å². The van der Waals surface area contributed by atoms with Gasteiger partial charge in [-0.15, -0.1) is 0 Å². The summed E-state index contributed by atoms with van der Waals surface area (Å²) in [7, 11) is 16.1. The largest absolute Gasteiger partial charge is 0.515 e. The molecule has 1 amide bonds. The number of fused-ring (bicyclic) bond motifs is 1. The van der Waals surface area contributed by atoms with E-state index >= 15 is 0 Å². The smallest absolute Gasteiger partial charge is 0.255 e. The lowest BCUT2D eigenvalue weighted by Crippen LogP contribution is -2.51. The lowest BCUT2D eigenvalue weighted by atomic mass is 9.52. The molecule has 2 aromatic heterocycles. The predicted octanol–water partition coefficient (Wildman–Crippen LogP) is -5.88. The zero-order chi connectivity index (χ0) is 25.7. The van der Waals surface area contributed by atoms with Gasteiger partial charge in [0.1, 0.15) is 72.3 Å². The van der Waals surface area contributed by atoms with Gasteiger partial charge >= 0.3 is 0 Å². The summed E-state index contributed by atoms with van der Waals surface area (Å²) in [5, 5.41) is 4.71. The first kappa shape index (κ1) is 24.9. The van der Waals surface area contributed by atoms with Gasteiger partial charge in [-0.1, -0.05) is 34.0 Å². The van der Waals surface area contributed by atoms with E-state index in [2.05, 4.69) is 32.0 Å². The average Bonchev–Trinajstić information content (AvgIpc) is 3.12. The molecule has 0 radical (unpaired) electrons. The Kier molecular flexibility index (Phi) is 6.47. The highest BCUT2D eigenvalue weighted by Crippen LogP contribution is 2.26. The van der Waals surface area contributed by atoms with Crippen molar-refractivity contribution in [3.05, 3.63) is 48.0 Å². The molecule has 0 saturated heterocycles. The average molecular weight is 455 g/mol. The normalized spacial score (nSPS) is 11.5. The van der Waals surface area contributed by atoms with Crippen LogP contribution in [-0.2, 0) is 7.05 Å². The van der Waals surface area contributed by atoms with Crippen molar-refractivity contribution >= 4 is 99.3 Å². The number of benzene rings is 2. The quantitative estimate of drug-likeness (QED) is 0.305. The third-order valence-corrected chi connectivity index (χ3v) is 6.67. The van der Waals surface area contributed by atoms with Crippen molar-refractivity contribution in [3.63, 3.8) is 0 Å². The van der Waals surface area contributed by atoms with Crippen molar-refractivity contribution in [1.82, 2.24) is 14.5 Å². The Hall–Kier alpha value is -3.22. The van der Waals surface area contributed by atoms with Crippen molar-refractivity contribution in [2.24, 2.45) is 7.05 Å². The SMILES string of the molecule is Bc1c(B)c(C(=O)Nc2cc3cc(-c4cnc(C)n4C)ccc3cn2)c(B)c(B)c1OC(B)(B)B.